The van der Waals surface area contributed by atoms with E-state index in [1.54, 1.807) is 23.1 Å². The molecule has 0 spiro atoms. The predicted octanol–water partition coefficient (Wildman–Crippen LogP) is 2.84. The highest BCUT2D eigenvalue weighted by molar-refractivity contribution is 6.05. The molecule has 0 aliphatic heterocycles. The Labute approximate surface area is 106 Å². The van der Waals surface area contributed by atoms with Gasteiger partial charge in [-0.1, -0.05) is 12.1 Å². The molecule has 0 aliphatic rings. The van der Waals surface area contributed by atoms with E-state index in [4.69, 9.17) is 10.2 Å². The Bertz CT molecular complexity index is 560. The fourth-order valence-corrected chi connectivity index (χ4v) is 1.84. The first-order valence-electron chi connectivity index (χ1n) is 5.86. The van der Waals surface area contributed by atoms with Gasteiger partial charge in [0.15, 0.2) is 5.76 Å². The number of hydrogen-bond acceptors (Lipinski definition) is 3. The van der Waals surface area contributed by atoms with Crippen LogP contribution in [0.2, 0.25) is 0 Å². The Balaban J connectivity index is 2.35. The third-order valence-corrected chi connectivity index (χ3v) is 2.74. The highest BCUT2D eigenvalue weighted by atomic mass is 16.3. The largest absolute Gasteiger partial charge is 0.456 e. The minimum Gasteiger partial charge on any atom is -0.456 e. The Morgan fingerprint density at radius 3 is 2.56 bits per heavy atom. The molecule has 4 heteroatoms. The van der Waals surface area contributed by atoms with Gasteiger partial charge in [-0.25, -0.2) is 0 Å². The van der Waals surface area contributed by atoms with E-state index >= 15 is 0 Å². The van der Waals surface area contributed by atoms with Crippen molar-refractivity contribution in [1.29, 1.82) is 0 Å². The molecule has 0 saturated carbocycles. The summed E-state index contributed by atoms with van der Waals surface area (Å²) >= 11 is 0. The number of carbonyl (C=O) groups is 1. The van der Waals surface area contributed by atoms with E-state index in [9.17, 15) is 4.79 Å². The molecule has 1 amide bonds. The SMILES string of the molecule is CCN(C(=O)c1ccc(C)o1)c1ccccc1N. The molecule has 18 heavy (non-hydrogen) atoms. The molecule has 0 fully saturated rings. The first kappa shape index (κ1) is 12.2. The highest BCUT2D eigenvalue weighted by Crippen LogP contribution is 2.24. The number of aryl methyl sites for hydroxylation is 1. The number of nitrogens with two attached hydrogens (primary N) is 1. The second-order valence-corrected chi connectivity index (χ2v) is 4.02. The van der Waals surface area contributed by atoms with Crippen LogP contribution in [0.4, 0.5) is 11.4 Å². The van der Waals surface area contributed by atoms with E-state index in [-0.39, 0.29) is 5.91 Å². The van der Waals surface area contributed by atoms with E-state index in [2.05, 4.69) is 0 Å². The van der Waals surface area contributed by atoms with Gasteiger partial charge in [-0.05, 0) is 38.1 Å². The molecule has 0 atom stereocenters. The van der Waals surface area contributed by atoms with E-state index in [1.807, 2.05) is 32.0 Å². The van der Waals surface area contributed by atoms with Gasteiger partial charge in [-0.3, -0.25) is 4.79 Å². The zero-order valence-corrected chi connectivity index (χ0v) is 10.5. The summed E-state index contributed by atoms with van der Waals surface area (Å²) in [7, 11) is 0. The normalized spacial score (nSPS) is 10.3. The van der Waals surface area contributed by atoms with Crippen LogP contribution in [0.1, 0.15) is 23.2 Å². The monoisotopic (exact) mass is 244 g/mol. The summed E-state index contributed by atoms with van der Waals surface area (Å²) in [6, 6.07) is 10.8. The molecule has 2 rings (SSSR count). The van der Waals surface area contributed by atoms with Crippen molar-refractivity contribution in [2.75, 3.05) is 17.2 Å². The third-order valence-electron chi connectivity index (χ3n) is 2.74. The van der Waals surface area contributed by atoms with Crippen molar-refractivity contribution in [2.45, 2.75) is 13.8 Å². The molecule has 2 aromatic rings. The van der Waals surface area contributed by atoms with E-state index in [1.165, 1.54) is 0 Å². The number of nitrogen functional groups attached to an aromatic ring is 1. The van der Waals surface area contributed by atoms with Crippen LogP contribution in [-0.2, 0) is 0 Å². The maximum atomic E-state index is 12.3. The Morgan fingerprint density at radius 2 is 2.00 bits per heavy atom. The molecule has 0 saturated heterocycles. The standard InChI is InChI=1S/C14H16N2O2/c1-3-16(12-7-5-4-6-11(12)15)14(17)13-9-8-10(2)18-13/h4-9H,3,15H2,1-2H3. The lowest BCUT2D eigenvalue weighted by molar-refractivity contribution is 0.0960. The summed E-state index contributed by atoms with van der Waals surface area (Å²) in [5, 5.41) is 0. The first-order valence-corrected chi connectivity index (χ1v) is 5.86. The molecule has 94 valence electrons. The number of para-hydroxylation sites is 2. The van der Waals surface area contributed by atoms with Crippen LogP contribution in [0.5, 0.6) is 0 Å². The quantitative estimate of drug-likeness (QED) is 0.844. The van der Waals surface area contributed by atoms with Gasteiger partial charge in [0.1, 0.15) is 5.76 Å². The average molecular weight is 244 g/mol. The number of anilines is 2. The van der Waals surface area contributed by atoms with Crippen LogP contribution in [0.3, 0.4) is 0 Å². The van der Waals surface area contributed by atoms with Gasteiger partial charge >= 0.3 is 0 Å². The van der Waals surface area contributed by atoms with Crippen molar-refractivity contribution < 1.29 is 9.21 Å². The summed E-state index contributed by atoms with van der Waals surface area (Å²) in [6.45, 7) is 4.25. The maximum absolute atomic E-state index is 12.3. The van der Waals surface area contributed by atoms with Gasteiger partial charge < -0.3 is 15.1 Å². The number of benzene rings is 1. The molecule has 4 nitrogen and oxygen atoms in total. The van der Waals surface area contributed by atoms with Gasteiger partial charge in [0.2, 0.25) is 0 Å². The Morgan fingerprint density at radius 1 is 1.28 bits per heavy atom. The first-order chi connectivity index (χ1) is 8.63. The number of furan rings is 1. The zero-order chi connectivity index (χ0) is 13.1. The van der Waals surface area contributed by atoms with Crippen molar-refractivity contribution in [3.8, 4) is 0 Å². The van der Waals surface area contributed by atoms with E-state index in [0.29, 0.717) is 23.7 Å². The van der Waals surface area contributed by atoms with Gasteiger partial charge in [-0.2, -0.15) is 0 Å². The average Bonchev–Trinajstić information content (AvgIpc) is 2.79. The van der Waals surface area contributed by atoms with Crippen LogP contribution >= 0.6 is 0 Å². The molecule has 0 bridgehead atoms. The number of amides is 1. The number of carbonyl (C=O) groups excluding carboxylic acids is 1. The summed E-state index contributed by atoms with van der Waals surface area (Å²) in [6.07, 6.45) is 0. The molecule has 2 N–H and O–H groups in total. The molecular formula is C14H16N2O2. The van der Waals surface area contributed by atoms with E-state index in [0.717, 1.165) is 5.76 Å². The molecule has 0 radical (unpaired) electrons. The molecule has 0 unspecified atom stereocenters. The number of hydrogen-bond donors (Lipinski definition) is 1. The van der Waals surface area contributed by atoms with Gasteiger partial charge in [0.05, 0.1) is 11.4 Å². The van der Waals surface area contributed by atoms with Crippen molar-refractivity contribution in [2.24, 2.45) is 0 Å². The van der Waals surface area contributed by atoms with Crippen molar-refractivity contribution in [3.63, 3.8) is 0 Å². The number of nitrogens with zero attached hydrogens (tertiary/aromatic N) is 1. The van der Waals surface area contributed by atoms with Crippen molar-refractivity contribution >= 4 is 17.3 Å². The Kier molecular flexibility index (Phi) is 3.37. The second kappa shape index (κ2) is 4.96. The summed E-state index contributed by atoms with van der Waals surface area (Å²) in [5.41, 5.74) is 7.18. The lowest BCUT2D eigenvalue weighted by atomic mass is 10.2. The topological polar surface area (TPSA) is 59.5 Å². The van der Waals surface area contributed by atoms with Crippen molar-refractivity contribution in [1.82, 2.24) is 0 Å². The predicted molar refractivity (Wildman–Crippen MR) is 71.6 cm³/mol. The van der Waals surface area contributed by atoms with Crippen LogP contribution in [0.15, 0.2) is 40.8 Å². The molecule has 0 aliphatic carbocycles. The van der Waals surface area contributed by atoms with Crippen LogP contribution in [-0.4, -0.2) is 12.5 Å². The van der Waals surface area contributed by atoms with Crippen LogP contribution in [0, 0.1) is 6.92 Å². The van der Waals surface area contributed by atoms with E-state index < -0.39 is 0 Å². The minimum atomic E-state index is -0.177. The number of rotatable bonds is 3. The fourth-order valence-electron chi connectivity index (χ4n) is 1.84. The summed E-state index contributed by atoms with van der Waals surface area (Å²) in [5.74, 6) is 0.872. The third kappa shape index (κ3) is 2.22. The van der Waals surface area contributed by atoms with Crippen LogP contribution < -0.4 is 10.6 Å². The van der Waals surface area contributed by atoms with Gasteiger partial charge in [0.25, 0.3) is 5.91 Å². The Hall–Kier alpha value is -2.23. The van der Waals surface area contributed by atoms with Gasteiger partial charge in [0, 0.05) is 6.54 Å². The molecular weight excluding hydrogens is 228 g/mol. The molecule has 1 aromatic carbocycles. The second-order valence-electron chi connectivity index (χ2n) is 4.02. The lowest BCUT2D eigenvalue weighted by Gasteiger charge is -2.21. The zero-order valence-electron chi connectivity index (χ0n) is 10.5. The summed E-state index contributed by atoms with van der Waals surface area (Å²) < 4.78 is 5.36. The molecule has 1 heterocycles. The lowest BCUT2D eigenvalue weighted by Crippen LogP contribution is -2.30. The fraction of sp³-hybridized carbons (Fsp3) is 0.214. The highest BCUT2D eigenvalue weighted by Gasteiger charge is 2.20. The smallest absolute Gasteiger partial charge is 0.294 e. The molecule has 1 aromatic heterocycles. The minimum absolute atomic E-state index is 0.177. The van der Waals surface area contributed by atoms with Gasteiger partial charge in [-0.15, -0.1) is 0 Å². The maximum Gasteiger partial charge on any atom is 0.294 e. The summed E-state index contributed by atoms with van der Waals surface area (Å²) in [4.78, 5) is 13.9. The van der Waals surface area contributed by atoms with Crippen LogP contribution in [0.25, 0.3) is 0 Å². The van der Waals surface area contributed by atoms with Crippen molar-refractivity contribution in [3.05, 3.63) is 47.9 Å².